The summed E-state index contributed by atoms with van der Waals surface area (Å²) in [6, 6.07) is 4.19. The van der Waals surface area contributed by atoms with Gasteiger partial charge in [0, 0.05) is 19.1 Å². The van der Waals surface area contributed by atoms with Crippen LogP contribution in [-0.2, 0) is 0 Å². The molecule has 1 saturated heterocycles. The molecule has 0 radical (unpaired) electrons. The molecule has 1 N–H and O–H groups in total. The third kappa shape index (κ3) is 3.73. The summed E-state index contributed by atoms with van der Waals surface area (Å²) in [6.45, 7) is 7.54. The van der Waals surface area contributed by atoms with Gasteiger partial charge < -0.3 is 10.2 Å². The summed E-state index contributed by atoms with van der Waals surface area (Å²) < 4.78 is 0. The number of hydrogen-bond acceptors (Lipinski definition) is 2. The van der Waals surface area contributed by atoms with Crippen LogP contribution in [0.15, 0.2) is 12.1 Å². The van der Waals surface area contributed by atoms with Crippen molar-refractivity contribution in [3.63, 3.8) is 0 Å². The molecule has 1 fully saturated rings. The number of nitrogens with zero attached hydrogens (tertiary/aromatic N) is 1. The van der Waals surface area contributed by atoms with Gasteiger partial charge in [0.25, 0.3) is 0 Å². The van der Waals surface area contributed by atoms with Gasteiger partial charge in [-0.05, 0) is 37.4 Å². The highest BCUT2D eigenvalue weighted by molar-refractivity contribution is 6.44. The predicted octanol–water partition coefficient (Wildman–Crippen LogP) is 4.86. The van der Waals surface area contributed by atoms with E-state index >= 15 is 0 Å². The van der Waals surface area contributed by atoms with Crippen LogP contribution in [0.1, 0.15) is 26.7 Å². The molecule has 0 bridgehead atoms. The summed E-state index contributed by atoms with van der Waals surface area (Å²) >= 11 is 18.4. The van der Waals surface area contributed by atoms with Crippen molar-refractivity contribution in [2.24, 2.45) is 5.92 Å². The Bertz CT molecular complexity index is 465. The molecule has 0 spiro atoms. The number of hydrogen-bond donors (Lipinski definition) is 1. The van der Waals surface area contributed by atoms with Gasteiger partial charge in [-0.3, -0.25) is 0 Å². The van der Waals surface area contributed by atoms with E-state index < -0.39 is 0 Å². The van der Waals surface area contributed by atoms with E-state index in [2.05, 4.69) is 24.1 Å². The zero-order valence-electron chi connectivity index (χ0n) is 11.9. The Balaban J connectivity index is 2.07. The molecule has 1 heterocycles. The first-order chi connectivity index (χ1) is 9.52. The van der Waals surface area contributed by atoms with E-state index in [0.717, 1.165) is 31.7 Å². The molecule has 2 nitrogen and oxygen atoms in total. The largest absolute Gasteiger partial charge is 0.370 e. The normalized spacial score (nSPS) is 23.1. The van der Waals surface area contributed by atoms with E-state index in [4.69, 9.17) is 34.8 Å². The van der Waals surface area contributed by atoms with Gasteiger partial charge in [0.2, 0.25) is 0 Å². The van der Waals surface area contributed by atoms with Crippen LogP contribution < -0.4 is 10.2 Å². The second kappa shape index (κ2) is 7.22. The van der Waals surface area contributed by atoms with Crippen LogP contribution in [0.25, 0.3) is 0 Å². The first kappa shape index (κ1) is 16.2. The van der Waals surface area contributed by atoms with Crippen LogP contribution in [0.3, 0.4) is 0 Å². The average molecular weight is 336 g/mol. The molecule has 2 atom stereocenters. The highest BCUT2D eigenvalue weighted by Gasteiger charge is 2.26. The van der Waals surface area contributed by atoms with Gasteiger partial charge in [0.15, 0.2) is 0 Å². The van der Waals surface area contributed by atoms with Gasteiger partial charge in [0.05, 0.1) is 20.8 Å². The molecule has 1 aromatic rings. The van der Waals surface area contributed by atoms with Crippen molar-refractivity contribution in [2.75, 3.05) is 24.5 Å². The van der Waals surface area contributed by atoms with Gasteiger partial charge in [0.1, 0.15) is 0 Å². The molecule has 1 aromatic carbocycles. The van der Waals surface area contributed by atoms with Crippen LogP contribution in [0.4, 0.5) is 5.69 Å². The summed E-state index contributed by atoms with van der Waals surface area (Å²) in [5.74, 6) is 0.584. The molecular formula is C15H21Cl3N2. The van der Waals surface area contributed by atoms with E-state index in [1.165, 1.54) is 6.42 Å². The Morgan fingerprint density at radius 2 is 1.90 bits per heavy atom. The zero-order chi connectivity index (χ0) is 14.7. The molecule has 0 amide bonds. The summed E-state index contributed by atoms with van der Waals surface area (Å²) in [7, 11) is 0. The molecule has 0 aliphatic carbocycles. The molecule has 2 rings (SSSR count). The van der Waals surface area contributed by atoms with Gasteiger partial charge >= 0.3 is 0 Å². The quantitative estimate of drug-likeness (QED) is 0.790. The Hall–Kier alpha value is -0.150. The van der Waals surface area contributed by atoms with E-state index in [-0.39, 0.29) is 0 Å². The fourth-order valence-electron chi connectivity index (χ4n) is 2.75. The number of benzene rings is 1. The Labute approximate surface area is 136 Å². The van der Waals surface area contributed by atoms with Crippen LogP contribution in [0, 0.1) is 5.92 Å². The van der Waals surface area contributed by atoms with Gasteiger partial charge in [-0.15, -0.1) is 0 Å². The van der Waals surface area contributed by atoms with Crippen molar-refractivity contribution >= 4 is 40.5 Å². The highest BCUT2D eigenvalue weighted by atomic mass is 35.5. The SMILES string of the molecule is CCCNC1CCN(c2cc(Cl)c(Cl)cc2Cl)CC1C. The molecule has 112 valence electrons. The first-order valence-electron chi connectivity index (χ1n) is 7.15. The van der Waals surface area contributed by atoms with E-state index in [0.29, 0.717) is 27.0 Å². The summed E-state index contributed by atoms with van der Waals surface area (Å²) in [4.78, 5) is 2.30. The zero-order valence-corrected chi connectivity index (χ0v) is 14.2. The molecule has 1 aliphatic heterocycles. The monoisotopic (exact) mass is 334 g/mol. The molecule has 1 aliphatic rings. The summed E-state index contributed by atoms with van der Waals surface area (Å²) in [5, 5.41) is 5.36. The van der Waals surface area contributed by atoms with Crippen molar-refractivity contribution in [1.29, 1.82) is 0 Å². The second-order valence-electron chi connectivity index (χ2n) is 5.49. The molecule has 0 saturated carbocycles. The lowest BCUT2D eigenvalue weighted by atomic mass is 9.93. The van der Waals surface area contributed by atoms with Crippen LogP contribution in [-0.4, -0.2) is 25.7 Å². The number of piperidine rings is 1. The Morgan fingerprint density at radius 1 is 1.20 bits per heavy atom. The van der Waals surface area contributed by atoms with Crippen molar-refractivity contribution in [3.8, 4) is 0 Å². The van der Waals surface area contributed by atoms with Crippen LogP contribution in [0.2, 0.25) is 15.1 Å². The Kier molecular flexibility index (Phi) is 5.85. The maximum absolute atomic E-state index is 6.30. The fourth-order valence-corrected chi connectivity index (χ4v) is 3.41. The highest BCUT2D eigenvalue weighted by Crippen LogP contribution is 2.36. The Morgan fingerprint density at radius 3 is 2.55 bits per heavy atom. The molecule has 20 heavy (non-hydrogen) atoms. The molecule has 5 heteroatoms. The summed E-state index contributed by atoms with van der Waals surface area (Å²) in [5.41, 5.74) is 0.988. The topological polar surface area (TPSA) is 15.3 Å². The van der Waals surface area contributed by atoms with Crippen molar-refractivity contribution in [3.05, 3.63) is 27.2 Å². The number of nitrogens with one attached hydrogen (secondary N) is 1. The lowest BCUT2D eigenvalue weighted by molar-refractivity contribution is 0.322. The van der Waals surface area contributed by atoms with Crippen LogP contribution in [0.5, 0.6) is 0 Å². The van der Waals surface area contributed by atoms with Gasteiger partial charge in [-0.1, -0.05) is 48.7 Å². The number of halogens is 3. The minimum atomic E-state index is 0.507. The van der Waals surface area contributed by atoms with E-state index in [1.54, 1.807) is 6.07 Å². The van der Waals surface area contributed by atoms with Crippen molar-refractivity contribution in [2.45, 2.75) is 32.7 Å². The van der Waals surface area contributed by atoms with Crippen molar-refractivity contribution < 1.29 is 0 Å². The predicted molar refractivity (Wildman–Crippen MR) is 89.5 cm³/mol. The summed E-state index contributed by atoms with van der Waals surface area (Å²) in [6.07, 6.45) is 2.29. The molecule has 2 unspecified atom stereocenters. The smallest absolute Gasteiger partial charge is 0.0655 e. The fraction of sp³-hybridized carbons (Fsp3) is 0.600. The third-order valence-electron chi connectivity index (χ3n) is 3.89. The minimum absolute atomic E-state index is 0.507. The third-order valence-corrected chi connectivity index (χ3v) is 4.92. The number of rotatable bonds is 4. The maximum Gasteiger partial charge on any atom is 0.0655 e. The van der Waals surface area contributed by atoms with Gasteiger partial charge in [-0.2, -0.15) is 0 Å². The van der Waals surface area contributed by atoms with Crippen LogP contribution >= 0.6 is 34.8 Å². The number of anilines is 1. The lowest BCUT2D eigenvalue weighted by Gasteiger charge is -2.39. The molecular weight excluding hydrogens is 315 g/mol. The van der Waals surface area contributed by atoms with Gasteiger partial charge in [-0.25, -0.2) is 0 Å². The van der Waals surface area contributed by atoms with E-state index in [1.807, 2.05) is 6.07 Å². The maximum atomic E-state index is 6.30. The second-order valence-corrected chi connectivity index (χ2v) is 6.71. The standard InChI is InChI=1S/C15H21Cl3N2/c1-3-5-19-14-4-6-20(9-10(14)2)15-8-12(17)11(16)7-13(15)18/h7-8,10,14,19H,3-6,9H2,1-2H3. The van der Waals surface area contributed by atoms with Crippen molar-refractivity contribution in [1.82, 2.24) is 5.32 Å². The molecule has 0 aromatic heterocycles. The average Bonchev–Trinajstić information content (AvgIpc) is 2.41. The minimum Gasteiger partial charge on any atom is -0.370 e. The first-order valence-corrected chi connectivity index (χ1v) is 8.29. The van der Waals surface area contributed by atoms with E-state index in [9.17, 15) is 0 Å². The lowest BCUT2D eigenvalue weighted by Crippen LogP contribution is -2.48.